The molecule has 1 aliphatic heterocycles. The highest BCUT2D eigenvalue weighted by molar-refractivity contribution is 5.84. The minimum atomic E-state index is 0.0105. The fourth-order valence-corrected chi connectivity index (χ4v) is 1.36. The number of hydrogen-bond acceptors (Lipinski definition) is 1. The SMILES string of the molecule is CC1(C)[C]=Nc2ccccc21. The number of fused-ring (bicyclic) bond motifs is 1. The quantitative estimate of drug-likeness (QED) is 0.530. The van der Waals surface area contributed by atoms with Gasteiger partial charge in [0.2, 0.25) is 0 Å². The number of benzene rings is 1. The van der Waals surface area contributed by atoms with Crippen molar-refractivity contribution in [2.24, 2.45) is 4.99 Å². The lowest BCUT2D eigenvalue weighted by Gasteiger charge is -2.13. The Morgan fingerprint density at radius 3 is 2.73 bits per heavy atom. The van der Waals surface area contributed by atoms with E-state index in [4.69, 9.17) is 0 Å². The van der Waals surface area contributed by atoms with Crippen molar-refractivity contribution in [3.63, 3.8) is 0 Å². The van der Waals surface area contributed by atoms with Crippen molar-refractivity contribution in [3.05, 3.63) is 29.8 Å². The monoisotopic (exact) mass is 144 g/mol. The van der Waals surface area contributed by atoms with Gasteiger partial charge in [-0.05, 0) is 11.6 Å². The Labute approximate surface area is 66.8 Å². The van der Waals surface area contributed by atoms with Crippen molar-refractivity contribution >= 4 is 11.9 Å². The molecule has 0 fully saturated rings. The lowest BCUT2D eigenvalue weighted by molar-refractivity contribution is 0.753. The van der Waals surface area contributed by atoms with Gasteiger partial charge in [-0.3, -0.25) is 4.99 Å². The average Bonchev–Trinajstić information content (AvgIpc) is 2.29. The highest BCUT2D eigenvalue weighted by Crippen LogP contribution is 2.35. The van der Waals surface area contributed by atoms with Crippen LogP contribution in [-0.2, 0) is 5.41 Å². The van der Waals surface area contributed by atoms with Crippen molar-refractivity contribution in [2.45, 2.75) is 19.3 Å². The number of rotatable bonds is 0. The molecule has 0 bridgehead atoms. The Morgan fingerprint density at radius 1 is 1.27 bits per heavy atom. The van der Waals surface area contributed by atoms with Crippen LogP contribution >= 0.6 is 0 Å². The van der Waals surface area contributed by atoms with Gasteiger partial charge < -0.3 is 0 Å². The zero-order valence-corrected chi connectivity index (χ0v) is 6.76. The maximum atomic E-state index is 4.20. The molecule has 0 atom stereocenters. The van der Waals surface area contributed by atoms with E-state index in [1.807, 2.05) is 18.2 Å². The molecular formula is C10H10N. The van der Waals surface area contributed by atoms with E-state index in [1.54, 1.807) is 0 Å². The first kappa shape index (κ1) is 6.59. The predicted octanol–water partition coefficient (Wildman–Crippen LogP) is 2.56. The van der Waals surface area contributed by atoms with Gasteiger partial charge in [-0.25, -0.2) is 0 Å². The molecule has 0 aromatic heterocycles. The number of nitrogens with zero attached hydrogens (tertiary/aromatic N) is 1. The van der Waals surface area contributed by atoms with Gasteiger partial charge in [-0.2, -0.15) is 0 Å². The largest absolute Gasteiger partial charge is 0.250 e. The Morgan fingerprint density at radius 2 is 2.00 bits per heavy atom. The summed E-state index contributed by atoms with van der Waals surface area (Å²) in [6, 6.07) is 8.18. The van der Waals surface area contributed by atoms with Gasteiger partial charge in [0.15, 0.2) is 0 Å². The zero-order chi connectivity index (χ0) is 7.90. The van der Waals surface area contributed by atoms with E-state index in [0.29, 0.717) is 0 Å². The summed E-state index contributed by atoms with van der Waals surface area (Å²) in [5.41, 5.74) is 2.36. The average molecular weight is 144 g/mol. The van der Waals surface area contributed by atoms with Crippen molar-refractivity contribution < 1.29 is 0 Å². The van der Waals surface area contributed by atoms with Crippen molar-refractivity contribution in [1.82, 2.24) is 0 Å². The van der Waals surface area contributed by atoms with Crippen LogP contribution in [0, 0.1) is 0 Å². The topological polar surface area (TPSA) is 12.4 Å². The van der Waals surface area contributed by atoms with Gasteiger partial charge >= 0.3 is 0 Å². The van der Waals surface area contributed by atoms with E-state index in [9.17, 15) is 0 Å². The first-order valence-electron chi connectivity index (χ1n) is 3.77. The minimum Gasteiger partial charge on any atom is -0.250 e. The lowest BCUT2D eigenvalue weighted by Crippen LogP contribution is -2.14. The van der Waals surface area contributed by atoms with Crippen LogP contribution in [-0.4, -0.2) is 6.21 Å². The number of para-hydroxylation sites is 1. The summed E-state index contributed by atoms with van der Waals surface area (Å²) in [6.07, 6.45) is 3.09. The van der Waals surface area contributed by atoms with Crippen LogP contribution < -0.4 is 0 Å². The molecule has 0 unspecified atom stereocenters. The first-order chi connectivity index (χ1) is 5.20. The number of aliphatic imine (C=N–C) groups is 1. The normalized spacial score (nSPS) is 18.4. The Balaban J connectivity index is 2.64. The van der Waals surface area contributed by atoms with Crippen LogP contribution in [0.2, 0.25) is 0 Å². The lowest BCUT2D eigenvalue weighted by atomic mass is 9.87. The van der Waals surface area contributed by atoms with Gasteiger partial charge in [-0.1, -0.05) is 32.0 Å². The fraction of sp³-hybridized carbons (Fsp3) is 0.300. The molecule has 1 aromatic rings. The van der Waals surface area contributed by atoms with E-state index in [0.717, 1.165) is 5.69 Å². The molecule has 0 N–H and O–H groups in total. The van der Waals surface area contributed by atoms with Crippen LogP contribution in [0.25, 0.3) is 0 Å². The second kappa shape index (κ2) is 1.94. The maximum absolute atomic E-state index is 4.20. The van der Waals surface area contributed by atoms with Crippen LogP contribution in [0.3, 0.4) is 0 Å². The standard InChI is InChI=1S/C10H10N/c1-10(2)7-11-9-6-4-3-5-8(9)10/h3-6H,1-2H3. The van der Waals surface area contributed by atoms with E-state index in [-0.39, 0.29) is 5.41 Å². The third-order valence-corrected chi connectivity index (χ3v) is 2.03. The van der Waals surface area contributed by atoms with Crippen LogP contribution in [0.4, 0.5) is 5.69 Å². The molecule has 0 spiro atoms. The smallest absolute Gasteiger partial charge is 0.0735 e. The Kier molecular flexibility index (Phi) is 1.16. The zero-order valence-electron chi connectivity index (χ0n) is 6.76. The summed E-state index contributed by atoms with van der Waals surface area (Å²) in [5.74, 6) is 0. The molecule has 1 heterocycles. The summed E-state index contributed by atoms with van der Waals surface area (Å²) in [7, 11) is 0. The summed E-state index contributed by atoms with van der Waals surface area (Å²) >= 11 is 0. The van der Waals surface area contributed by atoms with E-state index < -0.39 is 0 Å². The molecule has 1 radical (unpaired) electrons. The van der Waals surface area contributed by atoms with E-state index in [2.05, 4.69) is 31.1 Å². The molecule has 0 amide bonds. The molecule has 1 heteroatoms. The van der Waals surface area contributed by atoms with Gasteiger partial charge in [0.1, 0.15) is 0 Å². The van der Waals surface area contributed by atoms with Crippen molar-refractivity contribution in [3.8, 4) is 0 Å². The molecule has 11 heavy (non-hydrogen) atoms. The summed E-state index contributed by atoms with van der Waals surface area (Å²) < 4.78 is 0. The molecule has 0 aliphatic carbocycles. The minimum absolute atomic E-state index is 0.0105. The van der Waals surface area contributed by atoms with E-state index in [1.165, 1.54) is 5.56 Å². The third kappa shape index (κ3) is 0.881. The van der Waals surface area contributed by atoms with E-state index >= 15 is 0 Å². The molecule has 1 nitrogen and oxygen atoms in total. The van der Waals surface area contributed by atoms with Crippen LogP contribution in [0.15, 0.2) is 29.3 Å². The predicted molar refractivity (Wildman–Crippen MR) is 46.6 cm³/mol. The third-order valence-electron chi connectivity index (χ3n) is 2.03. The summed E-state index contributed by atoms with van der Waals surface area (Å²) in [6.45, 7) is 4.25. The molecule has 0 saturated heterocycles. The van der Waals surface area contributed by atoms with Gasteiger partial charge in [0, 0.05) is 5.41 Å². The van der Waals surface area contributed by atoms with Crippen LogP contribution in [0.5, 0.6) is 0 Å². The molecule has 55 valence electrons. The molecular weight excluding hydrogens is 134 g/mol. The molecule has 0 saturated carbocycles. The second-order valence-electron chi connectivity index (χ2n) is 3.37. The summed E-state index contributed by atoms with van der Waals surface area (Å²) in [4.78, 5) is 4.20. The van der Waals surface area contributed by atoms with Crippen molar-refractivity contribution in [1.29, 1.82) is 0 Å². The molecule has 1 aliphatic rings. The maximum Gasteiger partial charge on any atom is 0.0735 e. The fourth-order valence-electron chi connectivity index (χ4n) is 1.36. The second-order valence-corrected chi connectivity index (χ2v) is 3.37. The first-order valence-corrected chi connectivity index (χ1v) is 3.77. The highest BCUT2D eigenvalue weighted by Gasteiger charge is 2.26. The highest BCUT2D eigenvalue weighted by atomic mass is 14.8. The van der Waals surface area contributed by atoms with Gasteiger partial charge in [0.25, 0.3) is 0 Å². The molecule has 2 rings (SSSR count). The van der Waals surface area contributed by atoms with Crippen LogP contribution in [0.1, 0.15) is 19.4 Å². The Hall–Kier alpha value is -1.11. The Bertz CT molecular complexity index is 310. The summed E-state index contributed by atoms with van der Waals surface area (Å²) in [5, 5.41) is 0. The number of hydrogen-bond donors (Lipinski definition) is 0. The van der Waals surface area contributed by atoms with Gasteiger partial charge in [0.05, 0.1) is 11.9 Å². The molecule has 1 aromatic carbocycles. The van der Waals surface area contributed by atoms with Gasteiger partial charge in [-0.15, -0.1) is 0 Å². The van der Waals surface area contributed by atoms with Crippen molar-refractivity contribution in [2.75, 3.05) is 0 Å².